The third-order valence-corrected chi connectivity index (χ3v) is 7.44. The lowest BCUT2D eigenvalue weighted by Gasteiger charge is -2.36. The summed E-state index contributed by atoms with van der Waals surface area (Å²) in [4.78, 5) is 0. The predicted octanol–water partition coefficient (Wildman–Crippen LogP) is 2.54. The number of allylic oxidation sites excluding steroid dienone is 2. The number of hydrogen-bond donors (Lipinski definition) is 1. The second-order valence-electron chi connectivity index (χ2n) is 7.54. The minimum atomic E-state index is -0.0765. The first-order valence-electron chi connectivity index (χ1n) is 7.72. The van der Waals surface area contributed by atoms with E-state index in [9.17, 15) is 5.11 Å². The maximum absolute atomic E-state index is 10.3. The number of ether oxygens (including phenoxy) is 2. The van der Waals surface area contributed by atoms with Crippen molar-refractivity contribution >= 4 is 0 Å². The molecule has 3 fully saturated rings. The number of phenols is 1. The first-order valence-corrected chi connectivity index (χ1v) is 7.72. The monoisotopic (exact) mass is 278 g/mol. The summed E-state index contributed by atoms with van der Waals surface area (Å²) in [5, 5.41) is 10.3. The molecular formula is C18H14O3. The van der Waals surface area contributed by atoms with Crippen LogP contribution in [0.4, 0.5) is 0 Å². The molecule has 6 aliphatic rings. The summed E-state index contributed by atoms with van der Waals surface area (Å²) in [6.45, 7) is 0. The van der Waals surface area contributed by atoms with Crippen molar-refractivity contribution in [2.24, 2.45) is 11.3 Å². The molecule has 104 valence electrons. The molecule has 3 heteroatoms. The Balaban J connectivity index is 1.67. The van der Waals surface area contributed by atoms with Crippen LogP contribution in [0.1, 0.15) is 24.0 Å². The van der Waals surface area contributed by atoms with Crippen LogP contribution in [0.15, 0.2) is 35.6 Å². The molecule has 5 atom stereocenters. The maximum atomic E-state index is 10.3. The lowest BCUT2D eigenvalue weighted by Crippen LogP contribution is -2.41. The largest absolute Gasteiger partial charge is 0.504 e. The molecule has 3 spiro atoms. The van der Waals surface area contributed by atoms with Crippen molar-refractivity contribution < 1.29 is 14.6 Å². The molecule has 2 bridgehead atoms. The third-order valence-electron chi connectivity index (χ3n) is 7.44. The summed E-state index contributed by atoms with van der Waals surface area (Å²) >= 11 is 0. The molecule has 3 nitrogen and oxygen atoms in total. The molecular weight excluding hydrogens is 264 g/mol. The third kappa shape index (κ3) is 0.604. The van der Waals surface area contributed by atoms with Crippen LogP contribution in [-0.2, 0) is 15.6 Å². The van der Waals surface area contributed by atoms with E-state index in [2.05, 4.69) is 18.2 Å². The smallest absolute Gasteiger partial charge is 0.169 e. The number of benzene rings is 1. The van der Waals surface area contributed by atoms with Crippen LogP contribution in [0.5, 0.6) is 11.5 Å². The zero-order chi connectivity index (χ0) is 13.8. The van der Waals surface area contributed by atoms with Gasteiger partial charge in [-0.2, -0.15) is 0 Å². The van der Waals surface area contributed by atoms with Crippen molar-refractivity contribution in [3.05, 3.63) is 46.7 Å². The Labute approximate surface area is 121 Å². The average molecular weight is 278 g/mol. The van der Waals surface area contributed by atoms with Crippen LogP contribution in [0, 0.1) is 11.3 Å². The lowest BCUT2D eigenvalue weighted by molar-refractivity contribution is 0.116. The highest BCUT2D eigenvalue weighted by Gasteiger charge is 3.00. The van der Waals surface area contributed by atoms with Gasteiger partial charge >= 0.3 is 0 Å². The molecule has 1 aliphatic heterocycles. The van der Waals surface area contributed by atoms with Crippen LogP contribution < -0.4 is 4.74 Å². The number of rotatable bonds is 1. The van der Waals surface area contributed by atoms with E-state index in [0.29, 0.717) is 16.6 Å². The van der Waals surface area contributed by atoms with Gasteiger partial charge < -0.3 is 14.6 Å². The average Bonchev–Trinajstić information content (AvgIpc) is 3.22. The van der Waals surface area contributed by atoms with Crippen LogP contribution >= 0.6 is 0 Å². The molecule has 21 heavy (non-hydrogen) atoms. The molecule has 3 unspecified atom stereocenters. The highest BCUT2D eigenvalue weighted by molar-refractivity contribution is 5.82. The summed E-state index contributed by atoms with van der Waals surface area (Å²) in [7, 11) is 1.72. The summed E-state index contributed by atoms with van der Waals surface area (Å²) in [6.07, 6.45) is 6.82. The van der Waals surface area contributed by atoms with Gasteiger partial charge in [-0.3, -0.25) is 0 Å². The molecule has 1 aromatic carbocycles. The molecule has 0 radical (unpaired) electrons. The Hall–Kier alpha value is -1.90. The molecule has 3 saturated carbocycles. The van der Waals surface area contributed by atoms with Crippen molar-refractivity contribution in [2.75, 3.05) is 7.11 Å². The van der Waals surface area contributed by atoms with Gasteiger partial charge in [0, 0.05) is 16.4 Å². The molecule has 1 N–H and O–H groups in total. The van der Waals surface area contributed by atoms with E-state index in [0.717, 1.165) is 18.1 Å². The minimum Gasteiger partial charge on any atom is -0.504 e. The Morgan fingerprint density at radius 3 is 3.00 bits per heavy atom. The SMILES string of the molecule is COC1=CC=C2C34CC3C43C[C@@]24c2c3ccc(O)c2O[C@@H]14. The van der Waals surface area contributed by atoms with E-state index in [-0.39, 0.29) is 17.3 Å². The van der Waals surface area contributed by atoms with Crippen molar-refractivity contribution in [1.29, 1.82) is 0 Å². The minimum absolute atomic E-state index is 0.0451. The summed E-state index contributed by atoms with van der Waals surface area (Å²) in [5.41, 5.74) is 5.08. The van der Waals surface area contributed by atoms with Gasteiger partial charge in [0.1, 0.15) is 5.76 Å². The van der Waals surface area contributed by atoms with Gasteiger partial charge in [0.25, 0.3) is 0 Å². The molecule has 0 aromatic heterocycles. The van der Waals surface area contributed by atoms with Crippen LogP contribution in [0.3, 0.4) is 0 Å². The van der Waals surface area contributed by atoms with Crippen molar-refractivity contribution in [2.45, 2.75) is 29.8 Å². The van der Waals surface area contributed by atoms with Gasteiger partial charge in [-0.25, -0.2) is 0 Å². The normalized spacial score (nSPS) is 50.5. The van der Waals surface area contributed by atoms with Crippen molar-refractivity contribution in [1.82, 2.24) is 0 Å². The molecule has 5 aliphatic carbocycles. The van der Waals surface area contributed by atoms with Crippen LogP contribution in [-0.4, -0.2) is 18.3 Å². The van der Waals surface area contributed by atoms with E-state index in [1.54, 1.807) is 12.7 Å². The summed E-state index contributed by atoms with van der Waals surface area (Å²) < 4.78 is 11.8. The van der Waals surface area contributed by atoms with Crippen LogP contribution in [0.25, 0.3) is 0 Å². The number of hydrogen-bond acceptors (Lipinski definition) is 3. The Bertz CT molecular complexity index is 865. The quantitative estimate of drug-likeness (QED) is 0.858. The van der Waals surface area contributed by atoms with Crippen molar-refractivity contribution in [3.8, 4) is 11.5 Å². The van der Waals surface area contributed by atoms with Gasteiger partial charge in [0.2, 0.25) is 0 Å². The first-order chi connectivity index (χ1) is 10.2. The molecule has 1 aromatic rings. The highest BCUT2D eigenvalue weighted by atomic mass is 16.5. The fourth-order valence-corrected chi connectivity index (χ4v) is 6.79. The van der Waals surface area contributed by atoms with Crippen molar-refractivity contribution in [3.63, 3.8) is 0 Å². The van der Waals surface area contributed by atoms with E-state index in [4.69, 9.17) is 9.47 Å². The van der Waals surface area contributed by atoms with Gasteiger partial charge in [-0.05, 0) is 42.0 Å². The lowest BCUT2D eigenvalue weighted by atomic mass is 9.67. The second-order valence-corrected chi connectivity index (χ2v) is 7.54. The first kappa shape index (κ1) is 9.93. The van der Waals surface area contributed by atoms with Gasteiger partial charge in [-0.15, -0.1) is 0 Å². The van der Waals surface area contributed by atoms with E-state index >= 15 is 0 Å². The van der Waals surface area contributed by atoms with E-state index in [1.807, 2.05) is 6.07 Å². The standard InChI is InChI=1S/C18H14O3/c1-20-10-4-5-11-16-7-18(12-6-17(11,12)18)8-2-3-9(19)14(13(8)16)21-15(10)16/h2-5,12,15,19H,6-7H2,1H3/t12?,15-,16-,17?,18?/m0/s1. The number of aromatic hydroxyl groups is 1. The second kappa shape index (κ2) is 2.29. The molecule has 1 heterocycles. The zero-order valence-electron chi connectivity index (χ0n) is 11.6. The maximum Gasteiger partial charge on any atom is 0.169 e. The van der Waals surface area contributed by atoms with Gasteiger partial charge in [0.05, 0.1) is 12.5 Å². The highest BCUT2D eigenvalue weighted by Crippen LogP contribution is 3.02. The van der Waals surface area contributed by atoms with E-state index in [1.165, 1.54) is 17.5 Å². The Morgan fingerprint density at radius 1 is 1.29 bits per heavy atom. The van der Waals surface area contributed by atoms with Crippen LogP contribution in [0.2, 0.25) is 0 Å². The van der Waals surface area contributed by atoms with Gasteiger partial charge in [0.15, 0.2) is 17.6 Å². The molecule has 0 amide bonds. The predicted molar refractivity (Wildman–Crippen MR) is 74.2 cm³/mol. The molecule has 7 rings (SSSR count). The molecule has 0 saturated heterocycles. The number of phenolic OH excluding ortho intramolecular Hbond substituents is 1. The fourth-order valence-electron chi connectivity index (χ4n) is 6.79. The summed E-state index contributed by atoms with van der Waals surface area (Å²) in [6, 6.07) is 3.98. The van der Waals surface area contributed by atoms with Gasteiger partial charge in [-0.1, -0.05) is 12.1 Å². The zero-order valence-corrected chi connectivity index (χ0v) is 11.6. The Kier molecular flexibility index (Phi) is 1.08. The topological polar surface area (TPSA) is 38.7 Å². The Morgan fingerprint density at radius 2 is 2.19 bits per heavy atom. The van der Waals surface area contributed by atoms with E-state index < -0.39 is 0 Å². The fraction of sp³-hybridized carbons (Fsp3) is 0.444. The number of methoxy groups -OCH3 is 1. The summed E-state index contributed by atoms with van der Waals surface area (Å²) in [5.74, 6) is 2.73.